The van der Waals surface area contributed by atoms with Gasteiger partial charge in [0.2, 0.25) is 0 Å². The number of aromatic nitrogens is 3. The standard InChI is InChI=1S/C14H19N3O/c1-14(2,3)13-11(9-17(4)16-13)12(18)10-6-5-7-15-8-10/h5-9,12,18H,1-4H3. The molecule has 4 heteroatoms. The van der Waals surface area contributed by atoms with Gasteiger partial charge in [0.1, 0.15) is 6.10 Å². The second-order valence-electron chi connectivity index (χ2n) is 5.55. The number of hydrogen-bond acceptors (Lipinski definition) is 3. The zero-order valence-electron chi connectivity index (χ0n) is 11.3. The van der Waals surface area contributed by atoms with Gasteiger partial charge in [0.05, 0.1) is 5.69 Å². The molecule has 0 spiro atoms. The van der Waals surface area contributed by atoms with Crippen molar-refractivity contribution >= 4 is 0 Å². The van der Waals surface area contributed by atoms with Crippen LogP contribution in [0.4, 0.5) is 0 Å². The van der Waals surface area contributed by atoms with Crippen LogP contribution in [0.3, 0.4) is 0 Å². The summed E-state index contributed by atoms with van der Waals surface area (Å²) in [5, 5.41) is 14.9. The topological polar surface area (TPSA) is 50.9 Å². The van der Waals surface area contributed by atoms with E-state index in [0.29, 0.717) is 0 Å². The van der Waals surface area contributed by atoms with Crippen LogP contribution in [0.2, 0.25) is 0 Å². The van der Waals surface area contributed by atoms with Crippen LogP contribution in [0.5, 0.6) is 0 Å². The monoisotopic (exact) mass is 245 g/mol. The quantitative estimate of drug-likeness (QED) is 0.882. The van der Waals surface area contributed by atoms with Gasteiger partial charge in [0.15, 0.2) is 0 Å². The fourth-order valence-corrected chi connectivity index (χ4v) is 2.01. The molecule has 0 amide bonds. The minimum Gasteiger partial charge on any atom is -0.383 e. The van der Waals surface area contributed by atoms with E-state index in [1.807, 2.05) is 25.4 Å². The predicted molar refractivity (Wildman–Crippen MR) is 70.2 cm³/mol. The molecule has 96 valence electrons. The summed E-state index contributed by atoms with van der Waals surface area (Å²) in [6, 6.07) is 3.70. The van der Waals surface area contributed by atoms with Gasteiger partial charge in [0.25, 0.3) is 0 Å². The van der Waals surface area contributed by atoms with Crippen LogP contribution in [-0.4, -0.2) is 19.9 Å². The lowest BCUT2D eigenvalue weighted by Gasteiger charge is -2.19. The van der Waals surface area contributed by atoms with E-state index < -0.39 is 6.10 Å². The van der Waals surface area contributed by atoms with E-state index in [2.05, 4.69) is 30.9 Å². The van der Waals surface area contributed by atoms with Crippen molar-refractivity contribution < 1.29 is 5.11 Å². The van der Waals surface area contributed by atoms with Gasteiger partial charge in [-0.2, -0.15) is 5.10 Å². The Hall–Kier alpha value is -1.68. The lowest BCUT2D eigenvalue weighted by Crippen LogP contribution is -2.16. The Kier molecular flexibility index (Phi) is 3.22. The van der Waals surface area contributed by atoms with E-state index in [1.165, 1.54) is 0 Å². The third-order valence-electron chi connectivity index (χ3n) is 2.86. The smallest absolute Gasteiger partial charge is 0.109 e. The molecule has 2 heterocycles. The fourth-order valence-electron chi connectivity index (χ4n) is 2.01. The molecule has 4 nitrogen and oxygen atoms in total. The molecule has 0 aliphatic carbocycles. The Morgan fingerprint density at radius 2 is 2.06 bits per heavy atom. The van der Waals surface area contributed by atoms with E-state index in [9.17, 15) is 5.11 Å². The second kappa shape index (κ2) is 4.53. The van der Waals surface area contributed by atoms with Crippen LogP contribution in [0, 0.1) is 0 Å². The van der Waals surface area contributed by atoms with Gasteiger partial charge in [-0.25, -0.2) is 0 Å². The highest BCUT2D eigenvalue weighted by Gasteiger charge is 2.26. The summed E-state index contributed by atoms with van der Waals surface area (Å²) in [5.74, 6) is 0. The van der Waals surface area contributed by atoms with E-state index >= 15 is 0 Å². The number of aryl methyl sites for hydroxylation is 1. The van der Waals surface area contributed by atoms with Crippen LogP contribution >= 0.6 is 0 Å². The largest absolute Gasteiger partial charge is 0.383 e. The first-order chi connectivity index (χ1) is 8.39. The maximum atomic E-state index is 10.5. The molecule has 0 bridgehead atoms. The molecule has 0 saturated carbocycles. The molecule has 1 atom stereocenters. The number of hydrogen-bond donors (Lipinski definition) is 1. The number of rotatable bonds is 2. The van der Waals surface area contributed by atoms with Crippen molar-refractivity contribution in [2.45, 2.75) is 32.3 Å². The summed E-state index contributed by atoms with van der Waals surface area (Å²) in [5.41, 5.74) is 2.45. The zero-order chi connectivity index (χ0) is 13.3. The molecule has 1 unspecified atom stereocenters. The third kappa shape index (κ3) is 2.43. The molecule has 0 aliphatic heterocycles. The predicted octanol–water partition coefficient (Wildman–Crippen LogP) is 2.19. The molecule has 2 rings (SSSR count). The van der Waals surface area contributed by atoms with Crippen molar-refractivity contribution in [1.29, 1.82) is 0 Å². The highest BCUT2D eigenvalue weighted by molar-refractivity contribution is 5.33. The first kappa shape index (κ1) is 12.8. The molecular weight excluding hydrogens is 226 g/mol. The lowest BCUT2D eigenvalue weighted by atomic mass is 9.87. The van der Waals surface area contributed by atoms with Crippen molar-refractivity contribution in [2.24, 2.45) is 7.05 Å². The van der Waals surface area contributed by atoms with Crippen molar-refractivity contribution in [2.75, 3.05) is 0 Å². The van der Waals surface area contributed by atoms with E-state index in [1.54, 1.807) is 17.1 Å². The van der Waals surface area contributed by atoms with Gasteiger partial charge in [0, 0.05) is 42.2 Å². The Labute approximate surface area is 107 Å². The summed E-state index contributed by atoms with van der Waals surface area (Å²) < 4.78 is 1.75. The molecule has 0 fully saturated rings. The normalized spacial score (nSPS) is 13.6. The van der Waals surface area contributed by atoms with Gasteiger partial charge in [-0.3, -0.25) is 9.67 Å². The van der Waals surface area contributed by atoms with Gasteiger partial charge in [-0.1, -0.05) is 26.8 Å². The molecule has 0 saturated heterocycles. The number of pyridine rings is 1. The lowest BCUT2D eigenvalue weighted by molar-refractivity contribution is 0.217. The number of aliphatic hydroxyl groups is 1. The molecule has 1 N–H and O–H groups in total. The Morgan fingerprint density at radius 3 is 2.61 bits per heavy atom. The van der Waals surface area contributed by atoms with Crippen molar-refractivity contribution in [3.05, 3.63) is 47.5 Å². The molecule has 0 aromatic carbocycles. The van der Waals surface area contributed by atoms with Crippen LogP contribution in [0.25, 0.3) is 0 Å². The minimum absolute atomic E-state index is 0.0974. The average Bonchev–Trinajstić information content (AvgIpc) is 2.71. The Balaban J connectivity index is 2.46. The van der Waals surface area contributed by atoms with E-state index in [4.69, 9.17) is 0 Å². The summed E-state index contributed by atoms with van der Waals surface area (Å²) in [7, 11) is 1.87. The van der Waals surface area contributed by atoms with Gasteiger partial charge in [-0.05, 0) is 6.07 Å². The number of nitrogens with zero attached hydrogens (tertiary/aromatic N) is 3. The van der Waals surface area contributed by atoms with Crippen molar-refractivity contribution in [3.63, 3.8) is 0 Å². The van der Waals surface area contributed by atoms with Gasteiger partial charge >= 0.3 is 0 Å². The number of aliphatic hydroxyl groups excluding tert-OH is 1. The fraction of sp³-hybridized carbons (Fsp3) is 0.429. The molecule has 2 aromatic heterocycles. The van der Waals surface area contributed by atoms with E-state index in [-0.39, 0.29) is 5.41 Å². The molecule has 2 aromatic rings. The summed E-state index contributed by atoms with van der Waals surface area (Å²) >= 11 is 0. The summed E-state index contributed by atoms with van der Waals surface area (Å²) in [6.45, 7) is 6.28. The van der Waals surface area contributed by atoms with Crippen molar-refractivity contribution in [1.82, 2.24) is 14.8 Å². The minimum atomic E-state index is -0.679. The highest BCUT2D eigenvalue weighted by atomic mass is 16.3. The molecular formula is C14H19N3O. The highest BCUT2D eigenvalue weighted by Crippen LogP contribution is 2.31. The van der Waals surface area contributed by atoms with Crippen molar-refractivity contribution in [3.8, 4) is 0 Å². The Morgan fingerprint density at radius 1 is 1.33 bits per heavy atom. The van der Waals surface area contributed by atoms with Crippen LogP contribution in [-0.2, 0) is 12.5 Å². The maximum Gasteiger partial charge on any atom is 0.109 e. The summed E-state index contributed by atoms with van der Waals surface area (Å²) in [6.07, 6.45) is 4.58. The third-order valence-corrected chi connectivity index (χ3v) is 2.86. The SMILES string of the molecule is Cn1cc(C(O)c2cccnc2)c(C(C)(C)C)n1. The second-order valence-corrected chi connectivity index (χ2v) is 5.55. The molecule has 0 aliphatic rings. The first-order valence-corrected chi connectivity index (χ1v) is 6.01. The average molecular weight is 245 g/mol. The van der Waals surface area contributed by atoms with Crippen LogP contribution in [0.1, 0.15) is 43.7 Å². The van der Waals surface area contributed by atoms with Gasteiger partial charge in [-0.15, -0.1) is 0 Å². The maximum absolute atomic E-state index is 10.5. The van der Waals surface area contributed by atoms with E-state index in [0.717, 1.165) is 16.8 Å². The molecule has 0 radical (unpaired) electrons. The van der Waals surface area contributed by atoms with Crippen LogP contribution in [0.15, 0.2) is 30.7 Å². The summed E-state index contributed by atoms with van der Waals surface area (Å²) in [4.78, 5) is 4.04. The van der Waals surface area contributed by atoms with Gasteiger partial charge < -0.3 is 5.11 Å². The zero-order valence-corrected chi connectivity index (χ0v) is 11.3. The Bertz CT molecular complexity index is 526. The van der Waals surface area contributed by atoms with Crippen LogP contribution < -0.4 is 0 Å². The molecule has 18 heavy (non-hydrogen) atoms. The first-order valence-electron chi connectivity index (χ1n) is 6.01.